The van der Waals surface area contributed by atoms with Crippen molar-refractivity contribution in [3.63, 3.8) is 0 Å². The number of hydrogen-bond donors (Lipinski definition) is 0. The number of carbonyl (C=O) groups is 2. The Morgan fingerprint density at radius 2 is 1.48 bits per heavy atom. The average Bonchev–Trinajstić information content (AvgIpc) is 3.00. The highest BCUT2D eigenvalue weighted by atomic mass is 32.1. The minimum atomic E-state index is -0.249. The zero-order chi connectivity index (χ0) is 17.0. The van der Waals surface area contributed by atoms with Crippen LogP contribution in [0, 0.1) is 0 Å². The first-order valence-corrected chi connectivity index (χ1v) is 8.95. The van der Waals surface area contributed by atoms with E-state index in [1.807, 2.05) is 30.4 Å². The van der Waals surface area contributed by atoms with Crippen LogP contribution in [0.15, 0.2) is 76.2 Å². The highest BCUT2D eigenvalue weighted by molar-refractivity contribution is 7.07. The van der Waals surface area contributed by atoms with E-state index in [0.29, 0.717) is 16.8 Å². The molecule has 5 rings (SSSR count). The quantitative estimate of drug-likeness (QED) is 0.746. The van der Waals surface area contributed by atoms with E-state index in [1.54, 1.807) is 23.5 Å². The molecule has 0 unspecified atom stereocenters. The molecule has 0 N–H and O–H groups in total. The number of benzene rings is 1. The molecule has 0 radical (unpaired) electrons. The van der Waals surface area contributed by atoms with Gasteiger partial charge in [-0.1, -0.05) is 18.2 Å². The maximum atomic E-state index is 12.9. The number of carbonyl (C=O) groups excluding carboxylic acids is 2. The number of nitrogens with zero attached hydrogens (tertiary/aromatic N) is 1. The van der Waals surface area contributed by atoms with Gasteiger partial charge in [-0.3, -0.25) is 9.59 Å². The van der Waals surface area contributed by atoms with Crippen LogP contribution < -0.4 is 14.7 Å². The predicted molar refractivity (Wildman–Crippen MR) is 99.2 cm³/mol. The van der Waals surface area contributed by atoms with Gasteiger partial charge >= 0.3 is 0 Å². The Hall–Kier alpha value is -2.98. The largest absolute Gasteiger partial charge is 0.268 e. The summed E-state index contributed by atoms with van der Waals surface area (Å²) in [5.41, 5.74) is 3.70. The number of rotatable bonds is 1. The molecule has 2 aromatic rings. The summed E-state index contributed by atoms with van der Waals surface area (Å²) in [6, 6.07) is 11.2. The van der Waals surface area contributed by atoms with Crippen LogP contribution in [0.1, 0.15) is 6.42 Å². The lowest BCUT2D eigenvalue weighted by Crippen LogP contribution is -2.31. The number of allylic oxidation sites excluding steroid dienone is 2. The fourth-order valence-corrected chi connectivity index (χ4v) is 4.33. The standard InChI is InChI=1S/C21H13NO2S/c23-20-17-10-13-8-14(12-19-15(9-13)6-7-25-19)11-18(17)21(24)22(20)16-4-2-1-3-5-16/h1-7,9-12H,8H2. The van der Waals surface area contributed by atoms with Gasteiger partial charge in [0.15, 0.2) is 0 Å². The average molecular weight is 343 g/mol. The Bertz CT molecular complexity index is 1080. The van der Waals surface area contributed by atoms with Crippen LogP contribution in [0.4, 0.5) is 5.69 Å². The van der Waals surface area contributed by atoms with Gasteiger partial charge in [0.25, 0.3) is 11.8 Å². The summed E-state index contributed by atoms with van der Waals surface area (Å²) in [6.45, 7) is 0. The Morgan fingerprint density at radius 1 is 0.800 bits per heavy atom. The Kier molecular flexibility index (Phi) is 3.02. The molecule has 3 nitrogen and oxygen atoms in total. The van der Waals surface area contributed by atoms with Crippen molar-refractivity contribution >= 4 is 41.0 Å². The fourth-order valence-electron chi connectivity index (χ4n) is 3.48. The van der Waals surface area contributed by atoms with Gasteiger partial charge in [-0.25, -0.2) is 4.90 Å². The van der Waals surface area contributed by atoms with Crippen LogP contribution in [-0.2, 0) is 9.59 Å². The predicted octanol–water partition coefficient (Wildman–Crippen LogP) is 2.45. The van der Waals surface area contributed by atoms with Crippen molar-refractivity contribution in [1.29, 1.82) is 0 Å². The molecule has 2 bridgehead atoms. The van der Waals surface area contributed by atoms with E-state index in [1.165, 1.54) is 14.7 Å². The number of thiophene rings is 1. The second-order valence-electron chi connectivity index (χ2n) is 6.25. The van der Waals surface area contributed by atoms with E-state index in [-0.39, 0.29) is 11.8 Å². The molecule has 25 heavy (non-hydrogen) atoms. The molecule has 0 spiro atoms. The lowest BCUT2D eigenvalue weighted by atomic mass is 10.1. The van der Waals surface area contributed by atoms with Crippen molar-refractivity contribution in [3.05, 3.63) is 86.0 Å². The van der Waals surface area contributed by atoms with E-state index < -0.39 is 0 Å². The molecule has 1 aromatic heterocycles. The van der Waals surface area contributed by atoms with Gasteiger partial charge in [0, 0.05) is 4.53 Å². The maximum Gasteiger partial charge on any atom is 0.266 e. The number of hydrogen-bond acceptors (Lipinski definition) is 3. The Balaban J connectivity index is 1.69. The van der Waals surface area contributed by atoms with Crippen molar-refractivity contribution in [2.24, 2.45) is 0 Å². The Morgan fingerprint density at radius 3 is 2.20 bits per heavy atom. The molecule has 2 aliphatic carbocycles. The first kappa shape index (κ1) is 14.4. The van der Waals surface area contributed by atoms with Gasteiger partial charge < -0.3 is 0 Å². The summed E-state index contributed by atoms with van der Waals surface area (Å²) in [7, 11) is 0. The summed E-state index contributed by atoms with van der Waals surface area (Å²) in [5, 5.41) is 3.23. The zero-order valence-corrected chi connectivity index (χ0v) is 14.0. The molecule has 2 amide bonds. The van der Waals surface area contributed by atoms with E-state index >= 15 is 0 Å². The second kappa shape index (κ2) is 5.26. The lowest BCUT2D eigenvalue weighted by molar-refractivity contribution is -0.120. The third kappa shape index (κ3) is 2.18. The monoisotopic (exact) mass is 343 g/mol. The number of fused-ring (bicyclic) bond motifs is 3. The second-order valence-corrected chi connectivity index (χ2v) is 7.20. The van der Waals surface area contributed by atoms with Crippen molar-refractivity contribution in [2.75, 3.05) is 4.90 Å². The van der Waals surface area contributed by atoms with Crippen LogP contribution in [0.25, 0.3) is 12.2 Å². The van der Waals surface area contributed by atoms with Gasteiger partial charge in [0.05, 0.1) is 16.8 Å². The summed E-state index contributed by atoms with van der Waals surface area (Å²) in [6.07, 6.45) is 8.73. The van der Waals surface area contributed by atoms with Crippen molar-refractivity contribution < 1.29 is 9.59 Å². The minimum Gasteiger partial charge on any atom is -0.268 e. The molecule has 1 aliphatic heterocycles. The van der Waals surface area contributed by atoms with Crippen LogP contribution in [0.3, 0.4) is 0 Å². The first-order chi connectivity index (χ1) is 12.2. The van der Waals surface area contributed by atoms with Gasteiger partial charge in [0.1, 0.15) is 0 Å². The minimum absolute atomic E-state index is 0.249. The van der Waals surface area contributed by atoms with Crippen LogP contribution in [-0.4, -0.2) is 11.8 Å². The highest BCUT2D eigenvalue weighted by Gasteiger charge is 2.38. The van der Waals surface area contributed by atoms with E-state index in [2.05, 4.69) is 23.6 Å². The van der Waals surface area contributed by atoms with Crippen molar-refractivity contribution in [3.8, 4) is 0 Å². The fraction of sp³-hybridized carbons (Fsp3) is 0.0476. The van der Waals surface area contributed by atoms with Crippen LogP contribution in [0.5, 0.6) is 0 Å². The third-order valence-electron chi connectivity index (χ3n) is 4.62. The van der Waals surface area contributed by atoms with Gasteiger partial charge in [-0.05, 0) is 70.7 Å². The number of amides is 2. The number of imide groups is 1. The molecular formula is C21H13NO2S. The highest BCUT2D eigenvalue weighted by Crippen LogP contribution is 2.33. The number of para-hydroxylation sites is 1. The third-order valence-corrected chi connectivity index (χ3v) is 5.50. The molecular weight excluding hydrogens is 330 g/mol. The molecule has 2 heterocycles. The lowest BCUT2D eigenvalue weighted by Gasteiger charge is -2.15. The maximum absolute atomic E-state index is 12.9. The molecule has 4 heteroatoms. The van der Waals surface area contributed by atoms with Crippen LogP contribution >= 0.6 is 11.3 Å². The normalized spacial score (nSPS) is 18.5. The molecule has 0 atom stereocenters. The van der Waals surface area contributed by atoms with Crippen LogP contribution in [0.2, 0.25) is 0 Å². The molecule has 0 saturated heterocycles. The molecule has 0 saturated carbocycles. The van der Waals surface area contributed by atoms with Gasteiger partial charge in [0.2, 0.25) is 0 Å². The zero-order valence-electron chi connectivity index (χ0n) is 13.2. The first-order valence-electron chi connectivity index (χ1n) is 8.07. The van der Waals surface area contributed by atoms with E-state index in [0.717, 1.165) is 17.6 Å². The van der Waals surface area contributed by atoms with E-state index in [9.17, 15) is 9.59 Å². The summed E-state index contributed by atoms with van der Waals surface area (Å²) in [4.78, 5) is 27.1. The van der Waals surface area contributed by atoms with Gasteiger partial charge in [-0.2, -0.15) is 0 Å². The summed E-state index contributed by atoms with van der Waals surface area (Å²) < 4.78 is 1.19. The smallest absolute Gasteiger partial charge is 0.266 e. The van der Waals surface area contributed by atoms with E-state index in [4.69, 9.17) is 0 Å². The van der Waals surface area contributed by atoms with Gasteiger partial charge in [-0.15, -0.1) is 11.3 Å². The molecule has 0 fully saturated rings. The summed E-state index contributed by atoms with van der Waals surface area (Å²) >= 11 is 1.69. The van der Waals surface area contributed by atoms with Crippen molar-refractivity contribution in [1.82, 2.24) is 0 Å². The van der Waals surface area contributed by atoms with Crippen molar-refractivity contribution in [2.45, 2.75) is 6.42 Å². The topological polar surface area (TPSA) is 37.4 Å². The molecule has 3 aliphatic rings. The molecule has 120 valence electrons. The summed E-state index contributed by atoms with van der Waals surface area (Å²) in [5.74, 6) is -0.498. The SMILES string of the molecule is O=C1C2=C(C=C3C=c4sccc4=CC(=C2)C3)C(=O)N1c1ccccc1. The number of anilines is 1. The molecule has 1 aromatic carbocycles. The Labute approximate surface area is 148 Å².